The van der Waals surface area contributed by atoms with Gasteiger partial charge in [0.1, 0.15) is 11.5 Å². The van der Waals surface area contributed by atoms with Gasteiger partial charge in [-0.05, 0) is 23.3 Å². The molecule has 0 spiro atoms. The smallest absolute Gasteiger partial charge is 0.152 e. The normalized spacial score (nSPS) is 21.4. The van der Waals surface area contributed by atoms with E-state index in [-0.39, 0.29) is 5.78 Å². The first-order valence-electron chi connectivity index (χ1n) is 12.2. The van der Waals surface area contributed by atoms with Crippen molar-refractivity contribution in [3.63, 3.8) is 0 Å². The number of nitroso groups, excluding NO2 is 1. The Bertz CT molecular complexity index is 1280. The number of methoxy groups -OCH3 is 2. The minimum Gasteiger partial charge on any atom is -0.496 e. The Morgan fingerprint density at radius 2 is 0.973 bits per heavy atom. The molecule has 1 saturated heterocycles. The van der Waals surface area contributed by atoms with Crippen molar-refractivity contribution < 1.29 is 14.3 Å². The first-order chi connectivity index (χ1) is 18.2. The number of ketones is 1. The molecule has 0 N–H and O–H groups in total. The Morgan fingerprint density at radius 3 is 1.35 bits per heavy atom. The number of hydrogen-bond donors (Lipinski definition) is 0. The van der Waals surface area contributed by atoms with Crippen LogP contribution in [0.1, 0.15) is 46.2 Å². The summed E-state index contributed by atoms with van der Waals surface area (Å²) in [5.41, 5.74) is 3.07. The Kier molecular flexibility index (Phi) is 6.99. The Morgan fingerprint density at radius 1 is 0.595 bits per heavy atom. The van der Waals surface area contributed by atoms with Gasteiger partial charge in [0.15, 0.2) is 5.78 Å². The molecule has 0 aromatic heterocycles. The van der Waals surface area contributed by atoms with Crippen LogP contribution in [0.2, 0.25) is 0 Å². The topological polar surface area (TPSA) is 68.2 Å². The minimum atomic E-state index is -0.696. The maximum atomic E-state index is 14.7. The van der Waals surface area contributed by atoms with Crippen LogP contribution in [-0.4, -0.2) is 25.0 Å². The van der Waals surface area contributed by atoms with E-state index in [1.165, 1.54) is 5.01 Å². The van der Waals surface area contributed by atoms with Gasteiger partial charge in [-0.25, -0.2) is 5.01 Å². The van der Waals surface area contributed by atoms with Crippen molar-refractivity contribution in [2.75, 3.05) is 14.2 Å². The Hall–Kier alpha value is -4.45. The lowest BCUT2D eigenvalue weighted by Gasteiger charge is -2.47. The molecule has 0 bridgehead atoms. The molecule has 4 aromatic carbocycles. The predicted octanol–water partition coefficient (Wildman–Crippen LogP) is 6.62. The Balaban J connectivity index is 1.81. The summed E-state index contributed by atoms with van der Waals surface area (Å²) in [7, 11) is 3.17. The molecule has 186 valence electrons. The summed E-state index contributed by atoms with van der Waals surface area (Å²) in [6.07, 6.45) is 0. The van der Waals surface area contributed by atoms with Gasteiger partial charge in [-0.1, -0.05) is 97.1 Å². The summed E-state index contributed by atoms with van der Waals surface area (Å²) in [5, 5.41) is 5.15. The highest BCUT2D eigenvalue weighted by molar-refractivity contribution is 5.94. The molecule has 6 nitrogen and oxygen atoms in total. The van der Waals surface area contributed by atoms with E-state index in [1.807, 2.05) is 109 Å². The van der Waals surface area contributed by atoms with Crippen molar-refractivity contribution in [3.8, 4) is 11.5 Å². The van der Waals surface area contributed by atoms with Gasteiger partial charge in [0.05, 0.1) is 43.4 Å². The first-order valence-corrected chi connectivity index (χ1v) is 12.2. The highest BCUT2D eigenvalue weighted by atomic mass is 16.5. The van der Waals surface area contributed by atoms with Crippen LogP contribution >= 0.6 is 0 Å². The molecule has 4 unspecified atom stereocenters. The number of benzene rings is 4. The molecule has 37 heavy (non-hydrogen) atoms. The molecule has 1 aliphatic rings. The molecular formula is C31H28N2O4. The van der Waals surface area contributed by atoms with Crippen molar-refractivity contribution in [2.45, 2.75) is 23.9 Å². The average Bonchev–Trinajstić information content (AvgIpc) is 2.97. The summed E-state index contributed by atoms with van der Waals surface area (Å²) >= 11 is 0. The van der Waals surface area contributed by atoms with Crippen LogP contribution in [0.15, 0.2) is 114 Å². The van der Waals surface area contributed by atoms with Gasteiger partial charge in [-0.15, -0.1) is 4.91 Å². The van der Waals surface area contributed by atoms with Crippen LogP contribution in [0.25, 0.3) is 0 Å². The number of rotatable bonds is 7. The van der Waals surface area contributed by atoms with Crippen LogP contribution in [0.4, 0.5) is 0 Å². The van der Waals surface area contributed by atoms with Crippen LogP contribution in [-0.2, 0) is 4.79 Å². The first kappa shape index (κ1) is 24.3. The third-order valence-electron chi connectivity index (χ3n) is 7.14. The zero-order chi connectivity index (χ0) is 25.8. The van der Waals surface area contributed by atoms with E-state index in [0.29, 0.717) is 11.5 Å². The van der Waals surface area contributed by atoms with Gasteiger partial charge >= 0.3 is 0 Å². The van der Waals surface area contributed by atoms with E-state index in [2.05, 4.69) is 5.29 Å². The maximum absolute atomic E-state index is 14.7. The monoisotopic (exact) mass is 492 g/mol. The maximum Gasteiger partial charge on any atom is 0.152 e. The molecule has 0 aliphatic carbocycles. The molecule has 1 aliphatic heterocycles. The standard InChI is InChI=1S/C31H28N2O4/c1-36-25-19-11-9-17-23(25)29-27(21-13-5-3-6-14-21)31(34)28(22-15-7-4-8-16-22)30(33(29)32-35)24-18-10-12-20-26(24)37-2/h3-20,27-30H,1-2H3. The average molecular weight is 493 g/mol. The van der Waals surface area contributed by atoms with Crippen molar-refractivity contribution in [3.05, 3.63) is 136 Å². The van der Waals surface area contributed by atoms with Crippen molar-refractivity contribution in [1.82, 2.24) is 5.01 Å². The second-order valence-electron chi connectivity index (χ2n) is 9.01. The number of hydrogen-bond acceptors (Lipinski definition) is 5. The number of ether oxygens (including phenoxy) is 2. The van der Waals surface area contributed by atoms with Crippen molar-refractivity contribution >= 4 is 5.78 Å². The van der Waals surface area contributed by atoms with Gasteiger partial charge in [0.2, 0.25) is 0 Å². The van der Waals surface area contributed by atoms with E-state index in [0.717, 1.165) is 22.3 Å². The molecule has 4 aromatic rings. The van der Waals surface area contributed by atoms with Crippen LogP contribution in [0.5, 0.6) is 11.5 Å². The third-order valence-corrected chi connectivity index (χ3v) is 7.14. The fourth-order valence-corrected chi connectivity index (χ4v) is 5.56. The zero-order valence-electron chi connectivity index (χ0n) is 20.7. The summed E-state index contributed by atoms with van der Waals surface area (Å²) in [6.45, 7) is 0. The minimum absolute atomic E-state index is 0.00381. The third kappa shape index (κ3) is 4.35. The molecule has 5 rings (SSSR count). The number of piperidine rings is 1. The lowest BCUT2D eigenvalue weighted by Crippen LogP contribution is -2.46. The fourth-order valence-electron chi connectivity index (χ4n) is 5.56. The number of carbonyl (C=O) groups excluding carboxylic acids is 1. The van der Waals surface area contributed by atoms with E-state index in [4.69, 9.17) is 9.47 Å². The van der Waals surface area contributed by atoms with Gasteiger partial charge in [0, 0.05) is 11.1 Å². The summed E-state index contributed by atoms with van der Waals surface area (Å²) in [5.74, 6) is -0.138. The molecule has 6 heteroatoms. The molecule has 4 atom stereocenters. The van der Waals surface area contributed by atoms with Gasteiger partial charge < -0.3 is 9.47 Å². The molecule has 0 radical (unpaired) electrons. The number of para-hydroxylation sites is 2. The zero-order valence-corrected chi connectivity index (χ0v) is 20.7. The van der Waals surface area contributed by atoms with Gasteiger partial charge in [0.25, 0.3) is 0 Å². The van der Waals surface area contributed by atoms with E-state index in [9.17, 15) is 9.70 Å². The second-order valence-corrected chi connectivity index (χ2v) is 9.01. The van der Waals surface area contributed by atoms with E-state index < -0.39 is 23.9 Å². The lowest BCUT2D eigenvalue weighted by atomic mass is 9.69. The Labute approximate surface area is 216 Å². The fraction of sp³-hybridized carbons (Fsp3) is 0.194. The van der Waals surface area contributed by atoms with Crippen molar-refractivity contribution in [2.24, 2.45) is 5.29 Å². The lowest BCUT2D eigenvalue weighted by molar-refractivity contribution is -0.131. The predicted molar refractivity (Wildman–Crippen MR) is 142 cm³/mol. The van der Waals surface area contributed by atoms with Crippen LogP contribution < -0.4 is 9.47 Å². The number of Topliss-reactive ketones (excluding diaryl/α,β-unsaturated/α-hetero) is 1. The number of nitrogens with zero attached hydrogens (tertiary/aromatic N) is 2. The van der Waals surface area contributed by atoms with Crippen LogP contribution in [0.3, 0.4) is 0 Å². The molecule has 0 amide bonds. The SMILES string of the molecule is COc1ccccc1C1C(c2ccccc2)C(=O)C(c2ccccc2)C(c2ccccc2OC)N1N=O. The van der Waals surface area contributed by atoms with E-state index >= 15 is 0 Å². The molecule has 1 heterocycles. The summed E-state index contributed by atoms with van der Waals surface area (Å²) in [4.78, 5) is 27.6. The quantitative estimate of drug-likeness (QED) is 0.271. The van der Waals surface area contributed by atoms with Crippen molar-refractivity contribution in [1.29, 1.82) is 0 Å². The highest BCUT2D eigenvalue weighted by Crippen LogP contribution is 2.55. The highest BCUT2D eigenvalue weighted by Gasteiger charge is 2.52. The molecule has 1 fully saturated rings. The molecule has 0 saturated carbocycles. The largest absolute Gasteiger partial charge is 0.496 e. The van der Waals surface area contributed by atoms with Crippen LogP contribution in [0, 0.1) is 4.91 Å². The van der Waals surface area contributed by atoms with Gasteiger partial charge in [-0.3, -0.25) is 4.79 Å². The van der Waals surface area contributed by atoms with E-state index in [1.54, 1.807) is 14.2 Å². The second kappa shape index (κ2) is 10.7. The summed E-state index contributed by atoms with van der Waals surface area (Å²) in [6, 6.07) is 32.8. The van der Waals surface area contributed by atoms with Gasteiger partial charge in [-0.2, -0.15) is 0 Å². The number of carbonyl (C=O) groups is 1. The summed E-state index contributed by atoms with van der Waals surface area (Å²) < 4.78 is 11.4. The molecular weight excluding hydrogens is 464 g/mol.